The number of nitrogens with one attached hydrogen (secondary N) is 1. The Bertz CT molecular complexity index is 887. The highest BCUT2D eigenvalue weighted by Gasteiger charge is 2.38. The van der Waals surface area contributed by atoms with Gasteiger partial charge in [0.05, 0.1) is 0 Å². The predicted octanol–water partition coefficient (Wildman–Crippen LogP) is 3.13. The van der Waals surface area contributed by atoms with Gasteiger partial charge >= 0.3 is 5.97 Å². The molecule has 2 unspecified atom stereocenters. The van der Waals surface area contributed by atoms with Crippen molar-refractivity contribution in [3.05, 3.63) is 70.2 Å². The number of ether oxygens (including phenoxy) is 1. The summed E-state index contributed by atoms with van der Waals surface area (Å²) in [5.41, 5.74) is 1.30. The molecular weight excluding hydrogens is 436 g/mol. The van der Waals surface area contributed by atoms with Gasteiger partial charge in [0, 0.05) is 16.6 Å². The van der Waals surface area contributed by atoms with Gasteiger partial charge in [0.1, 0.15) is 12.1 Å². The fourth-order valence-electron chi connectivity index (χ4n) is 3.50. The van der Waals surface area contributed by atoms with Gasteiger partial charge in [-0.3, -0.25) is 9.59 Å². The molecular formula is C22H23BrN2O4. The van der Waals surface area contributed by atoms with E-state index in [2.05, 4.69) is 21.2 Å². The van der Waals surface area contributed by atoms with Crippen LogP contribution in [-0.4, -0.2) is 48.8 Å². The van der Waals surface area contributed by atoms with Crippen molar-refractivity contribution in [3.8, 4) is 0 Å². The molecule has 0 bridgehead atoms. The maximum Gasteiger partial charge on any atom is 0.329 e. The summed E-state index contributed by atoms with van der Waals surface area (Å²) >= 11 is 3.32. The number of hydrogen-bond donors (Lipinski definition) is 1. The van der Waals surface area contributed by atoms with Crippen LogP contribution >= 0.6 is 15.9 Å². The summed E-state index contributed by atoms with van der Waals surface area (Å²) in [5, 5.41) is 3.03. The van der Waals surface area contributed by atoms with Gasteiger partial charge in [-0.05, 0) is 37.6 Å². The van der Waals surface area contributed by atoms with E-state index in [0.717, 1.165) is 16.5 Å². The molecule has 1 amide bonds. The van der Waals surface area contributed by atoms with Crippen LogP contribution in [0.1, 0.15) is 34.8 Å². The van der Waals surface area contributed by atoms with Crippen LogP contribution in [0.3, 0.4) is 0 Å². The predicted molar refractivity (Wildman–Crippen MR) is 112 cm³/mol. The van der Waals surface area contributed by atoms with E-state index in [1.165, 1.54) is 0 Å². The van der Waals surface area contributed by atoms with E-state index >= 15 is 0 Å². The molecule has 152 valence electrons. The number of amides is 1. The van der Waals surface area contributed by atoms with E-state index in [-0.39, 0.29) is 18.3 Å². The summed E-state index contributed by atoms with van der Waals surface area (Å²) < 4.78 is 6.04. The first kappa shape index (κ1) is 21.2. The Labute approximate surface area is 178 Å². The minimum absolute atomic E-state index is 0.170. The number of halogens is 1. The van der Waals surface area contributed by atoms with Crippen LogP contribution in [0, 0.1) is 0 Å². The van der Waals surface area contributed by atoms with E-state index in [1.54, 1.807) is 30.1 Å². The minimum Gasteiger partial charge on any atom is -0.456 e. The summed E-state index contributed by atoms with van der Waals surface area (Å²) in [7, 11) is 1.72. The molecule has 1 aliphatic heterocycles. The molecule has 0 saturated carbocycles. The van der Waals surface area contributed by atoms with Gasteiger partial charge in [0.25, 0.3) is 0 Å². The second-order valence-electron chi connectivity index (χ2n) is 6.86. The number of carbonyl (C=O) groups excluding carboxylic acids is 3. The average Bonchev–Trinajstić information content (AvgIpc) is 3.23. The smallest absolute Gasteiger partial charge is 0.329 e. The van der Waals surface area contributed by atoms with Crippen molar-refractivity contribution in [2.75, 3.05) is 20.2 Å². The molecule has 3 rings (SSSR count). The zero-order chi connectivity index (χ0) is 20.8. The van der Waals surface area contributed by atoms with Gasteiger partial charge in [-0.2, -0.15) is 0 Å². The summed E-state index contributed by atoms with van der Waals surface area (Å²) in [6.45, 7) is 0.144. The first-order valence-electron chi connectivity index (χ1n) is 9.49. The molecule has 2 aromatic carbocycles. The molecule has 2 aromatic rings. The van der Waals surface area contributed by atoms with E-state index < -0.39 is 18.1 Å². The molecule has 2 atom stereocenters. The number of hydrogen-bond acceptors (Lipinski definition) is 5. The Hall–Kier alpha value is -2.51. The number of likely N-dealkylation sites (N-methyl/N-ethyl adjacent to an activating group) is 1. The van der Waals surface area contributed by atoms with Gasteiger partial charge in [0.15, 0.2) is 12.4 Å². The Morgan fingerprint density at radius 2 is 1.93 bits per heavy atom. The van der Waals surface area contributed by atoms with E-state index in [1.807, 2.05) is 36.4 Å². The third kappa shape index (κ3) is 5.10. The lowest BCUT2D eigenvalue weighted by Gasteiger charge is -2.27. The van der Waals surface area contributed by atoms with Crippen molar-refractivity contribution in [1.82, 2.24) is 10.2 Å². The summed E-state index contributed by atoms with van der Waals surface area (Å²) in [6.07, 6.45) is 1.25. The Morgan fingerprint density at radius 1 is 1.17 bits per heavy atom. The fourth-order valence-corrected chi connectivity index (χ4v) is 3.90. The van der Waals surface area contributed by atoms with Crippen molar-refractivity contribution in [3.63, 3.8) is 0 Å². The number of ketones is 1. The zero-order valence-corrected chi connectivity index (χ0v) is 17.7. The average molecular weight is 459 g/mol. The third-order valence-electron chi connectivity index (χ3n) is 4.97. The van der Waals surface area contributed by atoms with Gasteiger partial charge in [-0.25, -0.2) is 4.79 Å². The molecule has 0 aliphatic carbocycles. The molecule has 29 heavy (non-hydrogen) atoms. The van der Waals surface area contributed by atoms with Gasteiger partial charge in [-0.15, -0.1) is 0 Å². The molecule has 1 aliphatic rings. The third-order valence-corrected chi connectivity index (χ3v) is 5.46. The first-order valence-corrected chi connectivity index (χ1v) is 10.3. The summed E-state index contributed by atoms with van der Waals surface area (Å²) in [4.78, 5) is 39.5. The van der Waals surface area contributed by atoms with Crippen LogP contribution in [0.5, 0.6) is 0 Å². The highest BCUT2D eigenvalue weighted by Crippen LogP contribution is 2.24. The van der Waals surface area contributed by atoms with E-state index in [0.29, 0.717) is 18.5 Å². The largest absolute Gasteiger partial charge is 0.456 e. The van der Waals surface area contributed by atoms with Crippen molar-refractivity contribution in [1.29, 1.82) is 0 Å². The molecule has 1 N–H and O–H groups in total. The van der Waals surface area contributed by atoms with Gasteiger partial charge < -0.3 is 15.0 Å². The lowest BCUT2D eigenvalue weighted by atomic mass is 10.1. The fraction of sp³-hybridized carbons (Fsp3) is 0.318. The standard InChI is InChI=1S/C22H23BrN2O4/c1-24-20(15-7-3-2-4-8-15)21(27)25-12-6-11-18(25)22(28)29-14-19(26)16-9-5-10-17(23)13-16/h2-5,7-10,13,18,20,24H,6,11-12,14H2,1H3. The monoisotopic (exact) mass is 458 g/mol. The number of esters is 1. The molecule has 7 heteroatoms. The number of benzene rings is 2. The number of carbonyl (C=O) groups is 3. The topological polar surface area (TPSA) is 75.7 Å². The number of nitrogens with zero attached hydrogens (tertiary/aromatic N) is 1. The van der Waals surface area contributed by atoms with Crippen molar-refractivity contribution in [2.24, 2.45) is 0 Å². The lowest BCUT2D eigenvalue weighted by Crippen LogP contribution is -2.46. The van der Waals surface area contributed by atoms with Crippen LogP contribution in [0.4, 0.5) is 0 Å². The van der Waals surface area contributed by atoms with Crippen LogP contribution in [0.2, 0.25) is 0 Å². The normalized spacial score (nSPS) is 17.0. The number of likely N-dealkylation sites (tertiary alicyclic amines) is 1. The quantitative estimate of drug-likeness (QED) is 0.509. The van der Waals surface area contributed by atoms with Crippen LogP contribution in [-0.2, 0) is 14.3 Å². The van der Waals surface area contributed by atoms with E-state index in [9.17, 15) is 14.4 Å². The first-order chi connectivity index (χ1) is 14.0. The van der Waals surface area contributed by atoms with Crippen molar-refractivity contribution < 1.29 is 19.1 Å². The Kier molecular flexibility index (Phi) is 7.17. The van der Waals surface area contributed by atoms with Crippen molar-refractivity contribution in [2.45, 2.75) is 24.9 Å². The van der Waals surface area contributed by atoms with Crippen LogP contribution in [0.15, 0.2) is 59.1 Å². The number of rotatable bonds is 7. The van der Waals surface area contributed by atoms with E-state index in [4.69, 9.17) is 4.74 Å². The van der Waals surface area contributed by atoms with Gasteiger partial charge in [-0.1, -0.05) is 58.4 Å². The molecule has 0 radical (unpaired) electrons. The second-order valence-corrected chi connectivity index (χ2v) is 7.78. The SMILES string of the molecule is CNC(C(=O)N1CCCC1C(=O)OCC(=O)c1cccc(Br)c1)c1ccccc1. The van der Waals surface area contributed by atoms with Crippen LogP contribution < -0.4 is 5.32 Å². The van der Waals surface area contributed by atoms with Crippen molar-refractivity contribution >= 4 is 33.6 Å². The van der Waals surface area contributed by atoms with Gasteiger partial charge in [0.2, 0.25) is 5.91 Å². The Morgan fingerprint density at radius 3 is 2.62 bits per heavy atom. The maximum atomic E-state index is 13.1. The molecule has 0 spiro atoms. The zero-order valence-electron chi connectivity index (χ0n) is 16.1. The summed E-state index contributed by atoms with van der Waals surface area (Å²) in [5.74, 6) is -0.994. The molecule has 1 fully saturated rings. The second kappa shape index (κ2) is 9.80. The lowest BCUT2D eigenvalue weighted by molar-refractivity contribution is -0.153. The maximum absolute atomic E-state index is 13.1. The molecule has 1 saturated heterocycles. The highest BCUT2D eigenvalue weighted by atomic mass is 79.9. The highest BCUT2D eigenvalue weighted by molar-refractivity contribution is 9.10. The molecule has 6 nitrogen and oxygen atoms in total. The number of Topliss-reactive ketones (excluding diaryl/α,β-unsaturated/α-hetero) is 1. The molecule has 1 heterocycles. The Balaban J connectivity index is 1.64. The minimum atomic E-state index is -0.669. The molecule has 0 aromatic heterocycles. The summed E-state index contributed by atoms with van der Waals surface area (Å²) in [6, 6.07) is 15.1. The van der Waals surface area contributed by atoms with Crippen LogP contribution in [0.25, 0.3) is 0 Å².